The van der Waals surface area contributed by atoms with Crippen LogP contribution in [0.3, 0.4) is 0 Å². The van der Waals surface area contributed by atoms with Crippen molar-refractivity contribution < 1.29 is 23.6 Å². The minimum absolute atomic E-state index is 0.0686. The van der Waals surface area contributed by atoms with E-state index in [-0.39, 0.29) is 11.7 Å². The van der Waals surface area contributed by atoms with E-state index in [1.54, 1.807) is 12.1 Å². The highest BCUT2D eigenvalue weighted by atomic mass is 16.5. The number of benzene rings is 1. The van der Waals surface area contributed by atoms with E-state index in [9.17, 15) is 9.59 Å². The summed E-state index contributed by atoms with van der Waals surface area (Å²) in [6.45, 7) is 4.79. The lowest BCUT2D eigenvalue weighted by molar-refractivity contribution is -0.886. The number of furan rings is 1. The minimum Gasteiger partial charge on any atom is -0.463 e. The van der Waals surface area contributed by atoms with Crippen LogP contribution in [0.2, 0.25) is 0 Å². The normalized spacial score (nSPS) is 11.8. The van der Waals surface area contributed by atoms with E-state index in [1.165, 1.54) is 7.11 Å². The SMILES string of the molecule is COC(=O)c1ccc(C[NH+](C)CC(=O)Nc2cccc(C)c2C)o1. The quantitative estimate of drug-likeness (QED) is 0.784. The summed E-state index contributed by atoms with van der Waals surface area (Å²) < 4.78 is 10.0. The zero-order valence-corrected chi connectivity index (χ0v) is 14.4. The monoisotopic (exact) mass is 331 g/mol. The average Bonchev–Trinajstić information content (AvgIpc) is 2.99. The number of carbonyl (C=O) groups is 2. The number of methoxy groups -OCH3 is 1. The Balaban J connectivity index is 1.91. The number of likely N-dealkylation sites (N-methyl/N-ethyl adjacent to an activating group) is 1. The second-order valence-corrected chi connectivity index (χ2v) is 5.86. The first-order chi connectivity index (χ1) is 11.4. The third-order valence-corrected chi connectivity index (χ3v) is 3.87. The molecule has 1 amide bonds. The van der Waals surface area contributed by atoms with Gasteiger partial charge in [0.15, 0.2) is 12.3 Å². The predicted octanol–water partition coefficient (Wildman–Crippen LogP) is 1.34. The molecule has 6 heteroatoms. The molecular formula is C18H23N2O4+. The number of aryl methyl sites for hydroxylation is 1. The van der Waals surface area contributed by atoms with Gasteiger partial charge in [-0.2, -0.15) is 0 Å². The van der Waals surface area contributed by atoms with Crippen molar-refractivity contribution in [1.82, 2.24) is 0 Å². The van der Waals surface area contributed by atoms with Crippen LogP contribution in [-0.2, 0) is 16.1 Å². The molecule has 0 saturated carbocycles. The van der Waals surface area contributed by atoms with Gasteiger partial charge < -0.3 is 19.4 Å². The van der Waals surface area contributed by atoms with Gasteiger partial charge in [0.25, 0.3) is 5.91 Å². The molecule has 0 bridgehead atoms. The van der Waals surface area contributed by atoms with Gasteiger partial charge in [0.2, 0.25) is 5.76 Å². The Bertz CT molecular complexity index is 736. The zero-order valence-electron chi connectivity index (χ0n) is 14.4. The standard InChI is InChI=1S/C18H22N2O4/c1-12-6-5-7-15(13(12)2)19-17(21)11-20(3)10-14-8-9-16(24-14)18(22)23-4/h5-9H,10-11H2,1-4H3,(H,19,21)/p+1. The van der Waals surface area contributed by atoms with Gasteiger partial charge in [-0.05, 0) is 43.2 Å². The van der Waals surface area contributed by atoms with Crippen molar-refractivity contribution in [1.29, 1.82) is 0 Å². The summed E-state index contributed by atoms with van der Waals surface area (Å²) in [6.07, 6.45) is 0. The van der Waals surface area contributed by atoms with Crippen LogP contribution in [0.15, 0.2) is 34.7 Å². The van der Waals surface area contributed by atoms with Gasteiger partial charge in [0, 0.05) is 5.69 Å². The van der Waals surface area contributed by atoms with E-state index < -0.39 is 5.97 Å². The van der Waals surface area contributed by atoms with E-state index in [2.05, 4.69) is 10.1 Å². The number of nitrogens with one attached hydrogen (secondary N) is 2. The molecule has 2 N–H and O–H groups in total. The fourth-order valence-corrected chi connectivity index (χ4v) is 2.40. The molecule has 2 rings (SSSR count). The minimum atomic E-state index is -0.508. The topological polar surface area (TPSA) is 73.0 Å². The molecule has 128 valence electrons. The molecule has 0 saturated heterocycles. The number of quaternary nitrogens is 1. The van der Waals surface area contributed by atoms with Crippen molar-refractivity contribution in [2.45, 2.75) is 20.4 Å². The maximum Gasteiger partial charge on any atom is 0.373 e. The molecule has 1 atom stereocenters. The Morgan fingerprint density at radius 3 is 2.67 bits per heavy atom. The fraction of sp³-hybridized carbons (Fsp3) is 0.333. The molecule has 24 heavy (non-hydrogen) atoms. The molecular weight excluding hydrogens is 308 g/mol. The van der Waals surface area contributed by atoms with Gasteiger partial charge in [-0.3, -0.25) is 4.79 Å². The van der Waals surface area contributed by atoms with E-state index in [4.69, 9.17) is 4.42 Å². The van der Waals surface area contributed by atoms with Crippen molar-refractivity contribution in [3.63, 3.8) is 0 Å². The lowest BCUT2D eigenvalue weighted by atomic mass is 10.1. The predicted molar refractivity (Wildman–Crippen MR) is 90.1 cm³/mol. The van der Waals surface area contributed by atoms with Gasteiger partial charge in [-0.1, -0.05) is 12.1 Å². The lowest BCUT2D eigenvalue weighted by Gasteiger charge is -2.14. The zero-order chi connectivity index (χ0) is 17.7. The molecule has 6 nitrogen and oxygen atoms in total. The highest BCUT2D eigenvalue weighted by Crippen LogP contribution is 2.17. The van der Waals surface area contributed by atoms with E-state index >= 15 is 0 Å². The average molecular weight is 331 g/mol. The molecule has 1 unspecified atom stereocenters. The van der Waals surface area contributed by atoms with Gasteiger partial charge in [-0.15, -0.1) is 0 Å². The Morgan fingerprint density at radius 1 is 1.21 bits per heavy atom. The van der Waals surface area contributed by atoms with Gasteiger partial charge in [-0.25, -0.2) is 4.79 Å². The maximum absolute atomic E-state index is 12.2. The van der Waals surface area contributed by atoms with Crippen molar-refractivity contribution in [3.8, 4) is 0 Å². The summed E-state index contributed by atoms with van der Waals surface area (Å²) in [5.41, 5.74) is 3.04. The highest BCUT2D eigenvalue weighted by molar-refractivity contribution is 5.92. The molecule has 0 aliphatic heterocycles. The van der Waals surface area contributed by atoms with Gasteiger partial charge in [0.05, 0.1) is 14.2 Å². The second kappa shape index (κ2) is 7.79. The third-order valence-electron chi connectivity index (χ3n) is 3.87. The van der Waals surface area contributed by atoms with Gasteiger partial charge in [0.1, 0.15) is 6.54 Å². The Hall–Kier alpha value is -2.60. The van der Waals surface area contributed by atoms with E-state index in [0.717, 1.165) is 21.7 Å². The Labute approximate surface area is 141 Å². The summed E-state index contributed by atoms with van der Waals surface area (Å²) >= 11 is 0. The van der Waals surface area contributed by atoms with Crippen molar-refractivity contribution in [2.75, 3.05) is 26.0 Å². The molecule has 0 fully saturated rings. The number of hydrogen-bond donors (Lipinski definition) is 2. The second-order valence-electron chi connectivity index (χ2n) is 5.86. The number of esters is 1. The summed E-state index contributed by atoms with van der Waals surface area (Å²) in [4.78, 5) is 24.5. The number of carbonyl (C=O) groups excluding carboxylic acids is 2. The fourth-order valence-electron chi connectivity index (χ4n) is 2.40. The van der Waals surface area contributed by atoms with E-state index in [0.29, 0.717) is 18.8 Å². The molecule has 0 aliphatic carbocycles. The molecule has 0 spiro atoms. The van der Waals surface area contributed by atoms with Crippen LogP contribution < -0.4 is 10.2 Å². The Kier molecular flexibility index (Phi) is 5.76. The third kappa shape index (κ3) is 4.45. The summed E-state index contributed by atoms with van der Waals surface area (Å²) in [7, 11) is 3.20. The van der Waals surface area contributed by atoms with E-state index in [1.807, 2.05) is 39.1 Å². The van der Waals surface area contributed by atoms with Gasteiger partial charge >= 0.3 is 5.97 Å². The first-order valence-electron chi connectivity index (χ1n) is 7.75. The van der Waals surface area contributed by atoms with Crippen molar-refractivity contribution in [2.24, 2.45) is 0 Å². The molecule has 0 aliphatic rings. The highest BCUT2D eigenvalue weighted by Gasteiger charge is 2.16. The molecule has 1 aromatic carbocycles. The Morgan fingerprint density at radius 2 is 1.96 bits per heavy atom. The van der Waals surface area contributed by atoms with Crippen LogP contribution in [0.4, 0.5) is 5.69 Å². The largest absolute Gasteiger partial charge is 0.463 e. The smallest absolute Gasteiger partial charge is 0.373 e. The first-order valence-corrected chi connectivity index (χ1v) is 7.75. The van der Waals surface area contributed by atoms with Crippen LogP contribution in [0, 0.1) is 13.8 Å². The van der Waals surface area contributed by atoms with Crippen molar-refractivity contribution >= 4 is 17.6 Å². The summed E-state index contributed by atoms with van der Waals surface area (Å²) in [5, 5.41) is 2.94. The lowest BCUT2D eigenvalue weighted by Crippen LogP contribution is -3.08. The number of hydrogen-bond acceptors (Lipinski definition) is 4. The molecule has 1 heterocycles. The van der Waals surface area contributed by atoms with Crippen LogP contribution in [0.1, 0.15) is 27.4 Å². The van der Waals surface area contributed by atoms with Crippen molar-refractivity contribution in [3.05, 3.63) is 53.0 Å². The maximum atomic E-state index is 12.2. The van der Waals surface area contributed by atoms with Crippen LogP contribution in [-0.4, -0.2) is 32.6 Å². The first kappa shape index (κ1) is 17.7. The summed E-state index contributed by atoms with van der Waals surface area (Å²) in [5.74, 6) is 0.222. The van der Waals surface area contributed by atoms with Crippen LogP contribution in [0.5, 0.6) is 0 Å². The van der Waals surface area contributed by atoms with Crippen LogP contribution >= 0.6 is 0 Å². The van der Waals surface area contributed by atoms with Crippen LogP contribution in [0.25, 0.3) is 0 Å². The summed E-state index contributed by atoms with van der Waals surface area (Å²) in [6, 6.07) is 9.12. The number of amides is 1. The number of rotatable bonds is 6. The molecule has 0 radical (unpaired) electrons. The number of anilines is 1. The molecule has 1 aromatic heterocycles. The number of ether oxygens (including phenoxy) is 1. The molecule has 2 aromatic rings.